The van der Waals surface area contributed by atoms with Crippen LogP contribution in [0.15, 0.2) is 12.2 Å². The molecule has 3 aliphatic carbocycles. The highest BCUT2D eigenvalue weighted by molar-refractivity contribution is 5.89. The first-order chi connectivity index (χ1) is 11.9. The predicted molar refractivity (Wildman–Crippen MR) is 103 cm³/mol. The van der Waals surface area contributed by atoms with Gasteiger partial charge in [0, 0.05) is 11.5 Å². The second-order valence-corrected chi connectivity index (χ2v) is 10.2. The largest absolute Gasteiger partial charge is 0.349 e. The van der Waals surface area contributed by atoms with Crippen molar-refractivity contribution in [1.29, 1.82) is 0 Å². The van der Waals surface area contributed by atoms with Crippen LogP contribution in [0.3, 0.4) is 0 Å². The van der Waals surface area contributed by atoms with Crippen LogP contribution >= 0.6 is 0 Å². The summed E-state index contributed by atoms with van der Waals surface area (Å²) in [4.78, 5) is 11.9. The van der Waals surface area contributed by atoms with Gasteiger partial charge in [0.15, 0.2) is 0 Å². The first-order valence-corrected chi connectivity index (χ1v) is 10.9. The molecule has 8 atom stereocenters. The summed E-state index contributed by atoms with van der Waals surface area (Å²) in [5, 5.41) is 3.30. The number of amides is 1. The van der Waals surface area contributed by atoms with E-state index in [-0.39, 0.29) is 11.3 Å². The minimum absolute atomic E-state index is 0.120. The van der Waals surface area contributed by atoms with Gasteiger partial charge in [-0.15, -0.1) is 0 Å². The summed E-state index contributed by atoms with van der Waals surface area (Å²) in [6.45, 7) is 9.89. The molecular formula is C23H37NO. The molecule has 0 saturated heterocycles. The standard InChI is InChI=1S/C23H37NO/c1-5-6-7-16-8-9-17-21-15(2)14-19-23(4,13-11-20(25)24-19)18(21)10-12-22(16,17)3/h11,13,15-19,21H,5-10,12,14H2,1-4H3,(H,24,25)/t15-,16-,17-,18-,19+,21-,22+,23+/m0/s1. The number of rotatable bonds is 3. The maximum Gasteiger partial charge on any atom is 0.243 e. The highest BCUT2D eigenvalue weighted by Crippen LogP contribution is 2.66. The number of carbonyl (C=O) groups excluding carboxylic acids is 1. The molecule has 1 heterocycles. The molecular weight excluding hydrogens is 306 g/mol. The van der Waals surface area contributed by atoms with Crippen molar-refractivity contribution in [1.82, 2.24) is 5.32 Å². The monoisotopic (exact) mass is 343 g/mol. The smallest absolute Gasteiger partial charge is 0.243 e. The van der Waals surface area contributed by atoms with Gasteiger partial charge in [0.2, 0.25) is 5.91 Å². The van der Waals surface area contributed by atoms with E-state index in [0.29, 0.717) is 11.5 Å². The summed E-state index contributed by atoms with van der Waals surface area (Å²) < 4.78 is 0. The van der Waals surface area contributed by atoms with Gasteiger partial charge in [0.25, 0.3) is 0 Å². The molecule has 0 aromatic rings. The van der Waals surface area contributed by atoms with Gasteiger partial charge in [0.1, 0.15) is 0 Å². The summed E-state index contributed by atoms with van der Waals surface area (Å²) >= 11 is 0. The van der Waals surface area contributed by atoms with Gasteiger partial charge in [-0.05, 0) is 79.6 Å². The van der Waals surface area contributed by atoms with Crippen molar-refractivity contribution in [2.24, 2.45) is 40.4 Å². The summed E-state index contributed by atoms with van der Waals surface area (Å²) in [6, 6.07) is 0.350. The summed E-state index contributed by atoms with van der Waals surface area (Å²) in [6.07, 6.45) is 15.1. The molecule has 0 radical (unpaired) electrons. The predicted octanol–water partition coefficient (Wildman–Crippen LogP) is 5.34. The van der Waals surface area contributed by atoms with E-state index in [2.05, 4.69) is 39.1 Å². The molecule has 0 aromatic carbocycles. The Morgan fingerprint density at radius 3 is 2.76 bits per heavy atom. The zero-order valence-corrected chi connectivity index (χ0v) is 16.7. The van der Waals surface area contributed by atoms with Crippen LogP contribution in [0.1, 0.15) is 79.1 Å². The molecule has 1 amide bonds. The first-order valence-electron chi connectivity index (χ1n) is 10.9. The zero-order valence-electron chi connectivity index (χ0n) is 16.7. The van der Waals surface area contributed by atoms with Crippen molar-refractivity contribution in [2.45, 2.75) is 85.1 Å². The van der Waals surface area contributed by atoms with Crippen LogP contribution in [0.4, 0.5) is 0 Å². The molecule has 1 N–H and O–H groups in total. The van der Waals surface area contributed by atoms with Crippen LogP contribution in [0.2, 0.25) is 0 Å². The summed E-state index contributed by atoms with van der Waals surface area (Å²) in [5.74, 6) is 4.33. The van der Waals surface area contributed by atoms with Crippen LogP contribution in [-0.2, 0) is 4.79 Å². The Morgan fingerprint density at radius 1 is 1.20 bits per heavy atom. The van der Waals surface area contributed by atoms with E-state index in [1.807, 2.05) is 6.08 Å². The number of hydrogen-bond donors (Lipinski definition) is 1. The summed E-state index contributed by atoms with van der Waals surface area (Å²) in [5.41, 5.74) is 0.753. The molecule has 4 rings (SSSR count). The zero-order chi connectivity index (χ0) is 17.8. The van der Waals surface area contributed by atoms with Crippen molar-refractivity contribution < 1.29 is 4.79 Å². The van der Waals surface area contributed by atoms with Crippen LogP contribution < -0.4 is 5.32 Å². The lowest BCUT2D eigenvalue weighted by atomic mass is 9.45. The first kappa shape index (κ1) is 17.6. The SMILES string of the molecule is CCCC[C@H]1CC[C@H]2[C@@H]3[C@@H](C)C[C@H]4NC(=O)C=C[C@]4(C)[C@H]3CC[C@]12C. The molecule has 1 aliphatic heterocycles. The van der Waals surface area contributed by atoms with E-state index in [9.17, 15) is 4.79 Å². The molecule has 0 unspecified atom stereocenters. The van der Waals surface area contributed by atoms with Gasteiger partial charge < -0.3 is 5.32 Å². The quantitative estimate of drug-likeness (QED) is 0.736. The van der Waals surface area contributed by atoms with Crippen molar-refractivity contribution in [3.8, 4) is 0 Å². The third-order valence-electron chi connectivity index (χ3n) is 9.16. The van der Waals surface area contributed by atoms with Gasteiger partial charge in [-0.25, -0.2) is 0 Å². The van der Waals surface area contributed by atoms with E-state index in [4.69, 9.17) is 0 Å². The van der Waals surface area contributed by atoms with Crippen LogP contribution in [0.25, 0.3) is 0 Å². The van der Waals surface area contributed by atoms with Crippen molar-refractivity contribution >= 4 is 5.91 Å². The summed E-state index contributed by atoms with van der Waals surface area (Å²) in [7, 11) is 0. The van der Waals surface area contributed by atoms with E-state index < -0.39 is 0 Å². The van der Waals surface area contributed by atoms with Gasteiger partial charge in [0.05, 0.1) is 0 Å². The van der Waals surface area contributed by atoms with E-state index in [1.54, 1.807) is 0 Å². The molecule has 0 spiro atoms. The Kier molecular flexibility index (Phi) is 4.32. The number of carbonyl (C=O) groups is 1. The minimum atomic E-state index is 0.120. The fourth-order valence-electron chi connectivity index (χ4n) is 7.72. The number of fused-ring (bicyclic) bond motifs is 5. The van der Waals surface area contributed by atoms with Gasteiger partial charge in [-0.1, -0.05) is 46.6 Å². The molecule has 3 fully saturated rings. The molecule has 3 saturated carbocycles. The molecule has 140 valence electrons. The van der Waals surface area contributed by atoms with Crippen LogP contribution in [0, 0.1) is 40.4 Å². The maximum absolute atomic E-state index is 11.9. The third-order valence-corrected chi connectivity index (χ3v) is 9.16. The Labute approximate surface area is 154 Å². The molecule has 2 heteroatoms. The second kappa shape index (κ2) is 6.13. The maximum atomic E-state index is 11.9. The van der Waals surface area contributed by atoms with Crippen molar-refractivity contribution in [3.63, 3.8) is 0 Å². The number of unbranched alkanes of at least 4 members (excludes halogenated alkanes) is 1. The van der Waals surface area contributed by atoms with Gasteiger partial charge in [-0.3, -0.25) is 4.79 Å². The fourth-order valence-corrected chi connectivity index (χ4v) is 7.72. The molecule has 25 heavy (non-hydrogen) atoms. The average Bonchev–Trinajstić information content (AvgIpc) is 2.91. The topological polar surface area (TPSA) is 29.1 Å². The van der Waals surface area contributed by atoms with Crippen molar-refractivity contribution in [2.75, 3.05) is 0 Å². The second-order valence-electron chi connectivity index (χ2n) is 10.2. The van der Waals surface area contributed by atoms with Gasteiger partial charge >= 0.3 is 0 Å². The fraction of sp³-hybridized carbons (Fsp3) is 0.870. The van der Waals surface area contributed by atoms with E-state index in [1.165, 1.54) is 51.4 Å². The number of hydrogen-bond acceptors (Lipinski definition) is 1. The van der Waals surface area contributed by atoms with Crippen LogP contribution in [-0.4, -0.2) is 11.9 Å². The lowest BCUT2D eigenvalue weighted by molar-refractivity contribution is -0.125. The highest BCUT2D eigenvalue weighted by atomic mass is 16.1. The lowest BCUT2D eigenvalue weighted by Crippen LogP contribution is -2.61. The Balaban J connectivity index is 1.63. The third kappa shape index (κ3) is 2.53. The van der Waals surface area contributed by atoms with E-state index in [0.717, 1.165) is 29.6 Å². The molecule has 0 bridgehead atoms. The highest BCUT2D eigenvalue weighted by Gasteiger charge is 2.61. The average molecular weight is 344 g/mol. The van der Waals surface area contributed by atoms with Crippen molar-refractivity contribution in [3.05, 3.63) is 12.2 Å². The van der Waals surface area contributed by atoms with E-state index >= 15 is 0 Å². The Bertz CT molecular complexity index is 568. The van der Waals surface area contributed by atoms with Gasteiger partial charge in [-0.2, -0.15) is 0 Å². The molecule has 2 nitrogen and oxygen atoms in total. The number of nitrogens with one attached hydrogen (secondary N) is 1. The molecule has 4 aliphatic rings. The Hall–Kier alpha value is -0.790. The Morgan fingerprint density at radius 2 is 2.00 bits per heavy atom. The molecule has 0 aromatic heterocycles. The normalized spacial score (nSPS) is 51.4. The lowest BCUT2D eigenvalue weighted by Gasteiger charge is -2.61. The minimum Gasteiger partial charge on any atom is -0.349 e. The van der Waals surface area contributed by atoms with Crippen LogP contribution in [0.5, 0.6) is 0 Å².